The van der Waals surface area contributed by atoms with E-state index in [1.54, 1.807) is 11.1 Å². The minimum absolute atomic E-state index is 0.0438. The number of hydrogen-bond donors (Lipinski definition) is 1. The van der Waals surface area contributed by atoms with Crippen LogP contribution in [0.25, 0.3) is 0 Å². The monoisotopic (exact) mass is 425 g/mol. The fourth-order valence-corrected chi connectivity index (χ4v) is 4.43. The highest BCUT2D eigenvalue weighted by Crippen LogP contribution is 2.33. The normalized spacial score (nSPS) is 21.0. The highest BCUT2D eigenvalue weighted by atomic mass is 19.1. The van der Waals surface area contributed by atoms with Gasteiger partial charge in [-0.3, -0.25) is 14.6 Å². The number of nitrogens with zero attached hydrogens (tertiary/aromatic N) is 4. The molecule has 0 spiro atoms. The minimum atomic E-state index is -0.586. The van der Waals surface area contributed by atoms with Crippen molar-refractivity contribution >= 4 is 23.3 Å². The van der Waals surface area contributed by atoms with Gasteiger partial charge in [-0.1, -0.05) is 20.3 Å². The Bertz CT molecular complexity index is 949. The van der Waals surface area contributed by atoms with Gasteiger partial charge in [-0.05, 0) is 37.0 Å². The summed E-state index contributed by atoms with van der Waals surface area (Å²) in [7, 11) is 0. The van der Waals surface area contributed by atoms with Gasteiger partial charge in [-0.15, -0.1) is 0 Å². The molecule has 4 heterocycles. The first-order valence-electron chi connectivity index (χ1n) is 10.9. The van der Waals surface area contributed by atoms with Gasteiger partial charge in [0.15, 0.2) is 5.82 Å². The molecule has 2 saturated heterocycles. The first-order valence-corrected chi connectivity index (χ1v) is 10.9. The Morgan fingerprint density at radius 3 is 2.71 bits per heavy atom. The summed E-state index contributed by atoms with van der Waals surface area (Å²) in [5, 5.41) is 2.86. The molecule has 0 saturated carbocycles. The number of amides is 2. The van der Waals surface area contributed by atoms with E-state index in [1.165, 1.54) is 12.3 Å². The average molecular weight is 426 g/mol. The number of nitrogens with one attached hydrogen (secondary N) is 1. The standard InChI is InChI=1S/C23H28FN5O2/c1-15(2)22(30)27-17-6-7-21(26-11-17)29-10-4-3-5-16-13-28(14-20(16)29)23(31)18-8-9-25-12-19(18)24/h6-9,11-12,15-16,20H,3-5,10,13-14H2,1-2H3,(H,27,30)/t16-,20+/m1/s1. The van der Waals surface area contributed by atoms with Crippen molar-refractivity contribution in [1.82, 2.24) is 14.9 Å². The molecule has 7 nitrogen and oxygen atoms in total. The predicted octanol–water partition coefficient (Wildman–Crippen LogP) is 3.34. The molecule has 0 aromatic carbocycles. The molecule has 8 heteroatoms. The van der Waals surface area contributed by atoms with Crippen molar-refractivity contribution in [2.75, 3.05) is 29.9 Å². The SMILES string of the molecule is CC(C)C(=O)Nc1ccc(N2CCCC[C@@H]3CN(C(=O)c4ccncc4F)C[C@@H]32)nc1. The third-order valence-corrected chi connectivity index (χ3v) is 6.15. The van der Waals surface area contributed by atoms with Crippen molar-refractivity contribution in [3.63, 3.8) is 0 Å². The second-order valence-electron chi connectivity index (χ2n) is 8.63. The number of carbonyl (C=O) groups excluding carboxylic acids is 2. The minimum Gasteiger partial charge on any atom is -0.352 e. The van der Waals surface area contributed by atoms with Crippen LogP contribution in [-0.4, -0.2) is 52.4 Å². The summed E-state index contributed by atoms with van der Waals surface area (Å²) < 4.78 is 14.1. The quantitative estimate of drug-likeness (QED) is 0.813. The number of halogens is 1. The van der Waals surface area contributed by atoms with E-state index < -0.39 is 5.82 Å². The van der Waals surface area contributed by atoms with Gasteiger partial charge in [0, 0.05) is 31.7 Å². The Morgan fingerprint density at radius 2 is 2.00 bits per heavy atom. The Kier molecular flexibility index (Phi) is 6.15. The van der Waals surface area contributed by atoms with Gasteiger partial charge in [-0.2, -0.15) is 0 Å². The van der Waals surface area contributed by atoms with E-state index in [0.717, 1.165) is 37.8 Å². The second kappa shape index (κ2) is 8.99. The van der Waals surface area contributed by atoms with Crippen LogP contribution in [0.1, 0.15) is 43.5 Å². The zero-order chi connectivity index (χ0) is 22.0. The van der Waals surface area contributed by atoms with Gasteiger partial charge >= 0.3 is 0 Å². The van der Waals surface area contributed by atoms with Crippen LogP contribution in [-0.2, 0) is 4.79 Å². The van der Waals surface area contributed by atoms with Crippen molar-refractivity contribution in [3.8, 4) is 0 Å². The molecule has 2 aliphatic rings. The van der Waals surface area contributed by atoms with E-state index in [9.17, 15) is 14.0 Å². The number of fused-ring (bicyclic) bond motifs is 1. The van der Waals surface area contributed by atoms with Gasteiger partial charge in [0.05, 0.1) is 29.7 Å². The summed E-state index contributed by atoms with van der Waals surface area (Å²) in [6.07, 6.45) is 7.39. The number of anilines is 2. The number of carbonyl (C=O) groups is 2. The van der Waals surface area contributed by atoms with Gasteiger partial charge in [0.1, 0.15) is 5.82 Å². The maximum absolute atomic E-state index is 14.1. The van der Waals surface area contributed by atoms with Crippen LogP contribution in [0.4, 0.5) is 15.9 Å². The Balaban J connectivity index is 1.51. The number of likely N-dealkylation sites (tertiary alicyclic amines) is 1. The summed E-state index contributed by atoms with van der Waals surface area (Å²) in [5.74, 6) is 0.142. The van der Waals surface area contributed by atoms with Crippen LogP contribution in [0.15, 0.2) is 36.8 Å². The molecule has 2 aromatic heterocycles. The summed E-state index contributed by atoms with van der Waals surface area (Å²) >= 11 is 0. The molecule has 2 atom stereocenters. The number of pyridine rings is 2. The Labute approximate surface area is 181 Å². The lowest BCUT2D eigenvalue weighted by Gasteiger charge is -2.31. The summed E-state index contributed by atoms with van der Waals surface area (Å²) in [6, 6.07) is 5.37. The van der Waals surface area contributed by atoms with Crippen molar-refractivity contribution in [2.45, 2.75) is 39.2 Å². The topological polar surface area (TPSA) is 78.4 Å². The van der Waals surface area contributed by atoms with Crippen molar-refractivity contribution in [2.24, 2.45) is 11.8 Å². The van der Waals surface area contributed by atoms with Crippen molar-refractivity contribution in [1.29, 1.82) is 0 Å². The maximum Gasteiger partial charge on any atom is 0.257 e. The van der Waals surface area contributed by atoms with E-state index in [1.807, 2.05) is 26.0 Å². The zero-order valence-electron chi connectivity index (χ0n) is 17.9. The molecule has 2 aromatic rings. The zero-order valence-corrected chi connectivity index (χ0v) is 17.9. The fourth-order valence-electron chi connectivity index (χ4n) is 4.43. The molecular weight excluding hydrogens is 397 g/mol. The molecule has 0 radical (unpaired) electrons. The lowest BCUT2D eigenvalue weighted by atomic mass is 9.98. The molecule has 2 fully saturated rings. The van der Waals surface area contributed by atoms with E-state index >= 15 is 0 Å². The highest BCUT2D eigenvalue weighted by Gasteiger charge is 2.40. The van der Waals surface area contributed by atoms with Crippen LogP contribution in [0.2, 0.25) is 0 Å². The summed E-state index contributed by atoms with van der Waals surface area (Å²) in [5.41, 5.74) is 0.742. The molecule has 1 N–H and O–H groups in total. The lowest BCUT2D eigenvalue weighted by Crippen LogP contribution is -2.41. The van der Waals surface area contributed by atoms with E-state index in [4.69, 9.17) is 0 Å². The first kappa shape index (κ1) is 21.2. The molecule has 2 aliphatic heterocycles. The number of rotatable bonds is 4. The largest absolute Gasteiger partial charge is 0.352 e. The third kappa shape index (κ3) is 4.52. The molecule has 0 unspecified atom stereocenters. The van der Waals surface area contributed by atoms with Crippen LogP contribution < -0.4 is 10.2 Å². The van der Waals surface area contributed by atoms with Crippen LogP contribution in [0.3, 0.4) is 0 Å². The smallest absolute Gasteiger partial charge is 0.257 e. The Morgan fingerprint density at radius 1 is 1.16 bits per heavy atom. The van der Waals surface area contributed by atoms with Gasteiger partial charge < -0.3 is 15.1 Å². The maximum atomic E-state index is 14.1. The molecule has 164 valence electrons. The molecule has 2 amide bonds. The Hall–Kier alpha value is -3.03. The molecular formula is C23H28FN5O2. The average Bonchev–Trinajstić information content (AvgIpc) is 3.08. The molecule has 0 bridgehead atoms. The first-order chi connectivity index (χ1) is 14.9. The van der Waals surface area contributed by atoms with Gasteiger partial charge in [0.25, 0.3) is 5.91 Å². The number of hydrogen-bond acceptors (Lipinski definition) is 5. The van der Waals surface area contributed by atoms with Gasteiger partial charge in [0.2, 0.25) is 5.91 Å². The molecule has 4 rings (SSSR count). The third-order valence-electron chi connectivity index (χ3n) is 6.15. The van der Waals surface area contributed by atoms with E-state index in [0.29, 0.717) is 24.7 Å². The second-order valence-corrected chi connectivity index (χ2v) is 8.63. The number of aromatic nitrogens is 2. The molecule has 0 aliphatic carbocycles. The highest BCUT2D eigenvalue weighted by molar-refractivity contribution is 5.94. The predicted molar refractivity (Wildman–Crippen MR) is 116 cm³/mol. The van der Waals surface area contributed by atoms with Crippen LogP contribution in [0.5, 0.6) is 0 Å². The fraction of sp³-hybridized carbons (Fsp3) is 0.478. The summed E-state index contributed by atoms with van der Waals surface area (Å²) in [6.45, 7) is 5.71. The van der Waals surface area contributed by atoms with Crippen LogP contribution in [0, 0.1) is 17.7 Å². The van der Waals surface area contributed by atoms with Crippen molar-refractivity contribution in [3.05, 3.63) is 48.2 Å². The van der Waals surface area contributed by atoms with E-state index in [2.05, 4.69) is 20.2 Å². The van der Waals surface area contributed by atoms with E-state index in [-0.39, 0.29) is 29.3 Å². The summed E-state index contributed by atoms with van der Waals surface area (Å²) in [4.78, 5) is 37.2. The molecule has 31 heavy (non-hydrogen) atoms. The lowest BCUT2D eigenvalue weighted by molar-refractivity contribution is -0.118. The van der Waals surface area contributed by atoms with Crippen molar-refractivity contribution < 1.29 is 14.0 Å². The van der Waals surface area contributed by atoms with Crippen LogP contribution >= 0.6 is 0 Å². The van der Waals surface area contributed by atoms with Gasteiger partial charge in [-0.25, -0.2) is 9.37 Å².